The normalized spacial score (nSPS) is 25.2. The van der Waals surface area contributed by atoms with Crippen LogP contribution in [0.25, 0.3) is 5.57 Å². The molecule has 0 nitrogen and oxygen atoms in total. The summed E-state index contributed by atoms with van der Waals surface area (Å²) in [5, 5.41) is 0. The molecule has 0 bridgehead atoms. The molecule has 4 rings (SSSR count). The second kappa shape index (κ2) is 4.84. The number of hydrogen-bond acceptors (Lipinski definition) is 0. The molecule has 0 fully saturated rings. The summed E-state index contributed by atoms with van der Waals surface area (Å²) in [4.78, 5) is 0. The van der Waals surface area contributed by atoms with E-state index in [1.54, 1.807) is 11.1 Å². The minimum Gasteiger partial charge on any atom is -0.0622 e. The molecule has 0 heterocycles. The molecule has 0 unspecified atom stereocenters. The first-order valence-electron chi connectivity index (χ1n) is 8.81. The average Bonchev–Trinajstić information content (AvgIpc) is 2.77. The second-order valence-corrected chi connectivity index (χ2v) is 8.34. The molecule has 0 aromatic heterocycles. The molecule has 0 spiro atoms. The molecule has 118 valence electrons. The smallest absolute Gasteiger partial charge is 0.0395 e. The van der Waals surface area contributed by atoms with Crippen molar-refractivity contribution in [2.75, 3.05) is 0 Å². The lowest BCUT2D eigenvalue weighted by Gasteiger charge is -2.38. The largest absolute Gasteiger partial charge is 0.0622 e. The van der Waals surface area contributed by atoms with Gasteiger partial charge in [-0.15, -0.1) is 0 Å². The van der Waals surface area contributed by atoms with Crippen molar-refractivity contribution >= 4 is 5.57 Å². The number of aryl methyl sites for hydroxylation is 1. The van der Waals surface area contributed by atoms with Crippen molar-refractivity contribution in [2.45, 2.75) is 52.4 Å². The van der Waals surface area contributed by atoms with Crippen LogP contribution in [0.15, 0.2) is 54.1 Å². The van der Waals surface area contributed by atoms with E-state index in [1.165, 1.54) is 41.5 Å². The maximum absolute atomic E-state index is 2.45. The highest BCUT2D eigenvalue weighted by Crippen LogP contribution is 2.58. The summed E-state index contributed by atoms with van der Waals surface area (Å²) in [7, 11) is 0. The van der Waals surface area contributed by atoms with E-state index in [4.69, 9.17) is 0 Å². The van der Waals surface area contributed by atoms with Gasteiger partial charge in [0.15, 0.2) is 0 Å². The SMILES string of the molecule is Cc1ccc2c(c1)[C@](C)(c1ccccc1)C1=C2CCC(C)(C)C1. The fourth-order valence-corrected chi connectivity index (χ4v) is 4.66. The third kappa shape index (κ3) is 2.11. The van der Waals surface area contributed by atoms with Gasteiger partial charge in [-0.05, 0) is 60.8 Å². The van der Waals surface area contributed by atoms with E-state index in [0.717, 1.165) is 0 Å². The van der Waals surface area contributed by atoms with Crippen molar-refractivity contribution in [2.24, 2.45) is 5.41 Å². The molecule has 2 aliphatic carbocycles. The lowest BCUT2D eigenvalue weighted by Crippen LogP contribution is -2.29. The molecule has 2 aromatic rings. The molecule has 0 N–H and O–H groups in total. The van der Waals surface area contributed by atoms with Crippen LogP contribution in [0.2, 0.25) is 0 Å². The Morgan fingerprint density at radius 1 is 0.913 bits per heavy atom. The van der Waals surface area contributed by atoms with Crippen LogP contribution < -0.4 is 0 Å². The van der Waals surface area contributed by atoms with Gasteiger partial charge in [0.05, 0.1) is 0 Å². The monoisotopic (exact) mass is 302 g/mol. The lowest BCUT2D eigenvalue weighted by atomic mass is 9.65. The van der Waals surface area contributed by atoms with Crippen LogP contribution in [-0.2, 0) is 5.41 Å². The van der Waals surface area contributed by atoms with Gasteiger partial charge in [0.25, 0.3) is 0 Å². The van der Waals surface area contributed by atoms with Gasteiger partial charge in [0.1, 0.15) is 0 Å². The standard InChI is InChI=1S/C23H26/c1-16-10-11-18-19-12-13-22(2,3)15-21(19)23(4,20(18)14-16)17-8-6-5-7-9-17/h5-11,14H,12-13,15H2,1-4H3/t23-/m0/s1. The Morgan fingerprint density at radius 2 is 1.65 bits per heavy atom. The van der Waals surface area contributed by atoms with Gasteiger partial charge >= 0.3 is 0 Å². The molecule has 1 atom stereocenters. The second-order valence-electron chi connectivity index (χ2n) is 8.34. The Labute approximate surface area is 140 Å². The van der Waals surface area contributed by atoms with Crippen LogP contribution in [-0.4, -0.2) is 0 Å². The van der Waals surface area contributed by atoms with E-state index in [-0.39, 0.29) is 5.41 Å². The quantitative estimate of drug-likeness (QED) is 0.581. The molecule has 23 heavy (non-hydrogen) atoms. The zero-order valence-electron chi connectivity index (χ0n) is 14.7. The topological polar surface area (TPSA) is 0 Å². The number of allylic oxidation sites excluding steroid dienone is 2. The van der Waals surface area contributed by atoms with E-state index in [2.05, 4.69) is 76.2 Å². The Hall–Kier alpha value is -1.82. The van der Waals surface area contributed by atoms with Gasteiger partial charge in [-0.25, -0.2) is 0 Å². The molecule has 0 aliphatic heterocycles. The van der Waals surface area contributed by atoms with Crippen molar-refractivity contribution in [3.05, 3.63) is 76.4 Å². The molecule has 0 saturated heterocycles. The van der Waals surface area contributed by atoms with Crippen LogP contribution in [0.1, 0.15) is 62.3 Å². The first kappa shape index (κ1) is 14.8. The molecular formula is C23H26. The molecule has 0 heteroatoms. The van der Waals surface area contributed by atoms with Crippen molar-refractivity contribution in [3.63, 3.8) is 0 Å². The highest BCUT2D eigenvalue weighted by Gasteiger charge is 2.45. The van der Waals surface area contributed by atoms with Gasteiger partial charge in [-0.1, -0.05) is 73.5 Å². The molecule has 2 aromatic carbocycles. The number of benzene rings is 2. The number of fused-ring (bicyclic) bond motifs is 2. The summed E-state index contributed by atoms with van der Waals surface area (Å²) >= 11 is 0. The first-order chi connectivity index (χ1) is 10.9. The lowest BCUT2D eigenvalue weighted by molar-refractivity contribution is 0.313. The summed E-state index contributed by atoms with van der Waals surface area (Å²) in [6.45, 7) is 9.52. The molecule has 0 amide bonds. The zero-order chi connectivity index (χ0) is 16.2. The summed E-state index contributed by atoms with van der Waals surface area (Å²) in [6.07, 6.45) is 3.73. The van der Waals surface area contributed by atoms with Crippen molar-refractivity contribution in [1.82, 2.24) is 0 Å². The van der Waals surface area contributed by atoms with Crippen molar-refractivity contribution in [1.29, 1.82) is 0 Å². The third-order valence-electron chi connectivity index (χ3n) is 6.06. The molecule has 0 radical (unpaired) electrons. The van der Waals surface area contributed by atoms with Crippen LogP contribution in [0, 0.1) is 12.3 Å². The third-order valence-corrected chi connectivity index (χ3v) is 6.06. The van der Waals surface area contributed by atoms with Crippen molar-refractivity contribution in [3.8, 4) is 0 Å². The fraction of sp³-hybridized carbons (Fsp3) is 0.391. The molecule has 0 saturated carbocycles. The maximum Gasteiger partial charge on any atom is 0.0395 e. The van der Waals surface area contributed by atoms with E-state index >= 15 is 0 Å². The van der Waals surface area contributed by atoms with Gasteiger partial charge in [-0.3, -0.25) is 0 Å². The van der Waals surface area contributed by atoms with Gasteiger partial charge in [0.2, 0.25) is 0 Å². The summed E-state index contributed by atoms with van der Waals surface area (Å²) in [5.74, 6) is 0. The van der Waals surface area contributed by atoms with Gasteiger partial charge in [0, 0.05) is 5.41 Å². The van der Waals surface area contributed by atoms with Crippen LogP contribution >= 0.6 is 0 Å². The maximum atomic E-state index is 2.45. The molecule has 2 aliphatic rings. The Balaban J connectivity index is 2.00. The average molecular weight is 302 g/mol. The summed E-state index contributed by atoms with van der Waals surface area (Å²) < 4.78 is 0. The zero-order valence-corrected chi connectivity index (χ0v) is 14.7. The van der Waals surface area contributed by atoms with E-state index < -0.39 is 0 Å². The highest BCUT2D eigenvalue weighted by molar-refractivity contribution is 5.83. The van der Waals surface area contributed by atoms with E-state index in [1.807, 2.05) is 0 Å². The van der Waals surface area contributed by atoms with Crippen LogP contribution in [0.5, 0.6) is 0 Å². The van der Waals surface area contributed by atoms with Gasteiger partial charge < -0.3 is 0 Å². The summed E-state index contributed by atoms with van der Waals surface area (Å²) in [6, 6.07) is 18.2. The Kier molecular flexibility index (Phi) is 3.10. The Morgan fingerprint density at radius 3 is 2.39 bits per heavy atom. The minimum absolute atomic E-state index is 0.0373. The number of rotatable bonds is 1. The highest BCUT2D eigenvalue weighted by atomic mass is 14.5. The Bertz CT molecular complexity index is 792. The van der Waals surface area contributed by atoms with E-state index in [9.17, 15) is 0 Å². The summed E-state index contributed by atoms with van der Waals surface area (Å²) in [5.41, 5.74) is 9.58. The first-order valence-corrected chi connectivity index (χ1v) is 8.81. The fourth-order valence-electron chi connectivity index (χ4n) is 4.66. The van der Waals surface area contributed by atoms with E-state index in [0.29, 0.717) is 5.41 Å². The van der Waals surface area contributed by atoms with Crippen molar-refractivity contribution < 1.29 is 0 Å². The number of hydrogen-bond donors (Lipinski definition) is 0. The minimum atomic E-state index is 0.0373. The van der Waals surface area contributed by atoms with Gasteiger partial charge in [-0.2, -0.15) is 0 Å². The van der Waals surface area contributed by atoms with Crippen LogP contribution in [0.3, 0.4) is 0 Å². The predicted octanol–water partition coefficient (Wildman–Crippen LogP) is 6.28. The molecular weight excluding hydrogens is 276 g/mol. The van der Waals surface area contributed by atoms with Crippen LogP contribution in [0.4, 0.5) is 0 Å². The predicted molar refractivity (Wildman–Crippen MR) is 98.6 cm³/mol.